The zero-order valence-corrected chi connectivity index (χ0v) is 8.94. The average Bonchev–Trinajstić information content (AvgIpc) is 2.71. The Morgan fingerprint density at radius 1 is 1.31 bits per heavy atom. The highest BCUT2D eigenvalue weighted by Crippen LogP contribution is 2.34. The molecule has 0 aliphatic heterocycles. The largest absolute Gasteiger partial charge is 0.317 e. The molecule has 1 fully saturated rings. The molecule has 1 N–H and O–H groups in total. The minimum atomic E-state index is 0.774. The number of hydrogen-bond acceptors (Lipinski definition) is 2. The van der Waals surface area contributed by atoms with Gasteiger partial charge in [0.15, 0.2) is 0 Å². The highest BCUT2D eigenvalue weighted by Gasteiger charge is 2.21. The zero-order valence-electron chi connectivity index (χ0n) is 8.12. The fourth-order valence-electron chi connectivity index (χ4n) is 2.19. The molecule has 1 aromatic heterocycles. The van der Waals surface area contributed by atoms with E-state index in [1.54, 1.807) is 4.88 Å². The van der Waals surface area contributed by atoms with Crippen LogP contribution in [0.15, 0.2) is 17.5 Å². The molecule has 1 heterocycles. The van der Waals surface area contributed by atoms with Gasteiger partial charge < -0.3 is 5.32 Å². The molecule has 0 amide bonds. The van der Waals surface area contributed by atoms with Gasteiger partial charge in [0.05, 0.1) is 0 Å². The van der Waals surface area contributed by atoms with Crippen LogP contribution in [0.2, 0.25) is 0 Å². The van der Waals surface area contributed by atoms with E-state index in [0.29, 0.717) is 0 Å². The molecule has 0 atom stereocenters. The molecule has 0 aromatic carbocycles. The Morgan fingerprint density at radius 3 is 2.62 bits per heavy atom. The molecule has 1 saturated carbocycles. The van der Waals surface area contributed by atoms with Gasteiger partial charge in [-0.1, -0.05) is 6.07 Å². The SMILES string of the molecule is CNC1CCC(c2cccs2)CC1. The third-order valence-electron chi connectivity index (χ3n) is 3.08. The van der Waals surface area contributed by atoms with Crippen LogP contribution in [0, 0.1) is 0 Å². The Labute approximate surface area is 84.2 Å². The molecule has 72 valence electrons. The normalized spacial score (nSPS) is 29.0. The maximum atomic E-state index is 3.37. The summed E-state index contributed by atoms with van der Waals surface area (Å²) in [7, 11) is 2.08. The van der Waals surface area contributed by atoms with Gasteiger partial charge in [-0.3, -0.25) is 0 Å². The lowest BCUT2D eigenvalue weighted by molar-refractivity contribution is 0.361. The Balaban J connectivity index is 1.92. The summed E-state index contributed by atoms with van der Waals surface area (Å²) in [6.07, 6.45) is 5.43. The molecule has 13 heavy (non-hydrogen) atoms. The van der Waals surface area contributed by atoms with E-state index in [4.69, 9.17) is 0 Å². The fourth-order valence-corrected chi connectivity index (χ4v) is 3.09. The van der Waals surface area contributed by atoms with Gasteiger partial charge in [-0.15, -0.1) is 11.3 Å². The summed E-state index contributed by atoms with van der Waals surface area (Å²) in [5, 5.41) is 5.57. The highest BCUT2D eigenvalue weighted by atomic mass is 32.1. The van der Waals surface area contributed by atoms with Gasteiger partial charge in [0, 0.05) is 10.9 Å². The van der Waals surface area contributed by atoms with Gasteiger partial charge in [0.25, 0.3) is 0 Å². The van der Waals surface area contributed by atoms with Crippen LogP contribution >= 0.6 is 11.3 Å². The van der Waals surface area contributed by atoms with E-state index in [1.807, 2.05) is 11.3 Å². The maximum absolute atomic E-state index is 3.37. The topological polar surface area (TPSA) is 12.0 Å². The van der Waals surface area contributed by atoms with Crippen LogP contribution in [0.25, 0.3) is 0 Å². The van der Waals surface area contributed by atoms with Crippen LogP contribution in [-0.2, 0) is 0 Å². The second kappa shape index (κ2) is 4.25. The first-order chi connectivity index (χ1) is 6.40. The van der Waals surface area contributed by atoms with Crippen molar-refractivity contribution in [1.82, 2.24) is 5.32 Å². The van der Waals surface area contributed by atoms with Crippen molar-refractivity contribution >= 4 is 11.3 Å². The van der Waals surface area contributed by atoms with E-state index < -0.39 is 0 Å². The average molecular weight is 195 g/mol. The van der Waals surface area contributed by atoms with Gasteiger partial charge in [-0.25, -0.2) is 0 Å². The molecule has 2 rings (SSSR count). The van der Waals surface area contributed by atoms with Gasteiger partial charge >= 0.3 is 0 Å². The molecule has 1 aliphatic carbocycles. The van der Waals surface area contributed by atoms with Crippen molar-refractivity contribution in [2.24, 2.45) is 0 Å². The van der Waals surface area contributed by atoms with E-state index in [9.17, 15) is 0 Å². The van der Waals surface area contributed by atoms with Crippen molar-refractivity contribution in [2.45, 2.75) is 37.6 Å². The molecular formula is C11H17NS. The van der Waals surface area contributed by atoms with Crippen LogP contribution in [0.3, 0.4) is 0 Å². The third kappa shape index (κ3) is 2.12. The minimum absolute atomic E-state index is 0.774. The number of nitrogens with one attached hydrogen (secondary N) is 1. The van der Waals surface area contributed by atoms with Crippen LogP contribution in [0.4, 0.5) is 0 Å². The van der Waals surface area contributed by atoms with Crippen LogP contribution in [-0.4, -0.2) is 13.1 Å². The number of rotatable bonds is 2. The van der Waals surface area contributed by atoms with E-state index in [-0.39, 0.29) is 0 Å². The first-order valence-electron chi connectivity index (χ1n) is 5.11. The second-order valence-electron chi connectivity index (χ2n) is 3.85. The first-order valence-corrected chi connectivity index (χ1v) is 5.99. The quantitative estimate of drug-likeness (QED) is 0.765. The Morgan fingerprint density at radius 2 is 2.08 bits per heavy atom. The smallest absolute Gasteiger partial charge is 0.00761 e. The van der Waals surface area contributed by atoms with E-state index in [2.05, 4.69) is 29.9 Å². The summed E-state index contributed by atoms with van der Waals surface area (Å²) >= 11 is 1.92. The molecule has 2 heteroatoms. The molecular weight excluding hydrogens is 178 g/mol. The van der Waals surface area contributed by atoms with Crippen LogP contribution < -0.4 is 5.32 Å². The summed E-state index contributed by atoms with van der Waals surface area (Å²) in [6, 6.07) is 5.23. The van der Waals surface area contributed by atoms with Crippen molar-refractivity contribution in [1.29, 1.82) is 0 Å². The van der Waals surface area contributed by atoms with Gasteiger partial charge in [-0.2, -0.15) is 0 Å². The molecule has 0 radical (unpaired) electrons. The minimum Gasteiger partial charge on any atom is -0.317 e. The van der Waals surface area contributed by atoms with Crippen molar-refractivity contribution < 1.29 is 0 Å². The lowest BCUT2D eigenvalue weighted by Crippen LogP contribution is -2.29. The standard InChI is InChI=1S/C11H17NS/c1-12-10-6-4-9(5-7-10)11-3-2-8-13-11/h2-3,8-10,12H,4-7H2,1H3. The van der Waals surface area contributed by atoms with Gasteiger partial charge in [0.1, 0.15) is 0 Å². The summed E-state index contributed by atoms with van der Waals surface area (Å²) < 4.78 is 0. The molecule has 0 saturated heterocycles. The Bertz CT molecular complexity index is 235. The Kier molecular flexibility index (Phi) is 3.01. The van der Waals surface area contributed by atoms with Gasteiger partial charge in [-0.05, 0) is 50.1 Å². The molecule has 1 aromatic rings. The highest BCUT2D eigenvalue weighted by molar-refractivity contribution is 7.10. The predicted molar refractivity (Wildman–Crippen MR) is 58.4 cm³/mol. The Hall–Kier alpha value is -0.340. The van der Waals surface area contributed by atoms with Crippen molar-refractivity contribution in [2.75, 3.05) is 7.05 Å². The lowest BCUT2D eigenvalue weighted by Gasteiger charge is -2.27. The third-order valence-corrected chi connectivity index (χ3v) is 4.12. The van der Waals surface area contributed by atoms with Gasteiger partial charge in [0.2, 0.25) is 0 Å². The molecule has 1 nitrogen and oxygen atoms in total. The fraction of sp³-hybridized carbons (Fsp3) is 0.636. The zero-order chi connectivity index (χ0) is 9.10. The number of hydrogen-bond donors (Lipinski definition) is 1. The molecule has 0 bridgehead atoms. The van der Waals surface area contributed by atoms with E-state index in [1.165, 1.54) is 25.7 Å². The summed E-state index contributed by atoms with van der Waals surface area (Å²) in [6.45, 7) is 0. The summed E-state index contributed by atoms with van der Waals surface area (Å²) in [4.78, 5) is 1.59. The van der Waals surface area contributed by atoms with Crippen molar-refractivity contribution in [3.8, 4) is 0 Å². The molecule has 1 aliphatic rings. The van der Waals surface area contributed by atoms with Crippen LogP contribution in [0.5, 0.6) is 0 Å². The lowest BCUT2D eigenvalue weighted by atomic mass is 9.85. The van der Waals surface area contributed by atoms with E-state index >= 15 is 0 Å². The first kappa shape index (κ1) is 9.22. The monoisotopic (exact) mass is 195 g/mol. The molecule has 0 spiro atoms. The maximum Gasteiger partial charge on any atom is 0.00761 e. The van der Waals surface area contributed by atoms with Crippen LogP contribution in [0.1, 0.15) is 36.5 Å². The predicted octanol–water partition coefficient (Wildman–Crippen LogP) is 2.99. The second-order valence-corrected chi connectivity index (χ2v) is 4.83. The van der Waals surface area contributed by atoms with E-state index in [0.717, 1.165) is 12.0 Å². The molecule has 0 unspecified atom stereocenters. The van der Waals surface area contributed by atoms with Crippen molar-refractivity contribution in [3.05, 3.63) is 22.4 Å². The summed E-state index contributed by atoms with van der Waals surface area (Å²) in [5.74, 6) is 0.851. The summed E-state index contributed by atoms with van der Waals surface area (Å²) in [5.41, 5.74) is 0. The number of thiophene rings is 1. The van der Waals surface area contributed by atoms with Crippen molar-refractivity contribution in [3.63, 3.8) is 0 Å².